The third kappa shape index (κ3) is 3.22. The number of carbonyl (C=O) groups is 1. The van der Waals surface area contributed by atoms with Crippen LogP contribution in [0.5, 0.6) is 0 Å². The van der Waals surface area contributed by atoms with E-state index in [4.69, 9.17) is 5.73 Å². The number of likely N-dealkylation sites (tertiary alicyclic amines) is 1. The summed E-state index contributed by atoms with van der Waals surface area (Å²) in [6, 6.07) is 8.52. The maximum atomic E-state index is 12.9. The summed E-state index contributed by atoms with van der Waals surface area (Å²) in [5.74, 6) is 1.86. The highest BCUT2D eigenvalue weighted by atomic mass is 35.5. The molecule has 3 unspecified atom stereocenters. The Bertz CT molecular complexity index is 511. The summed E-state index contributed by atoms with van der Waals surface area (Å²) in [4.78, 5) is 16.2. The maximum Gasteiger partial charge on any atom is 0.231 e. The van der Waals surface area contributed by atoms with E-state index in [1.165, 1.54) is 10.5 Å². The van der Waals surface area contributed by atoms with Gasteiger partial charge in [-0.2, -0.15) is 0 Å². The first kappa shape index (κ1) is 16.7. The molecule has 0 saturated carbocycles. The normalized spacial score (nSPS) is 27.9. The Morgan fingerprint density at radius 3 is 2.95 bits per heavy atom. The average molecular weight is 327 g/mol. The van der Waals surface area contributed by atoms with Crippen LogP contribution in [0.2, 0.25) is 0 Å². The first-order valence-electron chi connectivity index (χ1n) is 7.43. The molecule has 2 aliphatic heterocycles. The van der Waals surface area contributed by atoms with E-state index in [-0.39, 0.29) is 30.3 Å². The van der Waals surface area contributed by atoms with Crippen LogP contribution in [0.1, 0.15) is 31.2 Å². The van der Waals surface area contributed by atoms with Crippen molar-refractivity contribution in [3.8, 4) is 0 Å². The van der Waals surface area contributed by atoms with Crippen LogP contribution < -0.4 is 5.73 Å². The second-order valence-corrected chi connectivity index (χ2v) is 7.01. The summed E-state index contributed by atoms with van der Waals surface area (Å²) in [6.45, 7) is 3.70. The van der Waals surface area contributed by atoms with Gasteiger partial charge in [-0.15, -0.1) is 24.2 Å². The monoisotopic (exact) mass is 326 g/mol. The number of hydrogen-bond donors (Lipinski definition) is 1. The molecule has 3 atom stereocenters. The van der Waals surface area contributed by atoms with Crippen molar-refractivity contribution in [2.45, 2.75) is 36.6 Å². The van der Waals surface area contributed by atoms with Crippen molar-refractivity contribution in [3.05, 3.63) is 29.8 Å². The predicted molar refractivity (Wildman–Crippen MR) is 90.1 cm³/mol. The average Bonchev–Trinajstić information content (AvgIpc) is 2.90. The van der Waals surface area contributed by atoms with Crippen molar-refractivity contribution >= 4 is 30.1 Å². The molecule has 0 radical (unpaired) electrons. The molecule has 2 heterocycles. The summed E-state index contributed by atoms with van der Waals surface area (Å²) in [6.07, 6.45) is 2.15. The Hall–Kier alpha value is -0.710. The highest BCUT2D eigenvalue weighted by Gasteiger charge is 2.36. The summed E-state index contributed by atoms with van der Waals surface area (Å²) in [7, 11) is 0. The molecule has 21 heavy (non-hydrogen) atoms. The van der Waals surface area contributed by atoms with Crippen LogP contribution in [0.4, 0.5) is 0 Å². The van der Waals surface area contributed by atoms with Gasteiger partial charge in [0.15, 0.2) is 0 Å². The van der Waals surface area contributed by atoms with Crippen LogP contribution >= 0.6 is 24.2 Å². The van der Waals surface area contributed by atoms with Crippen molar-refractivity contribution in [1.29, 1.82) is 0 Å². The Kier molecular flexibility index (Phi) is 5.58. The smallest absolute Gasteiger partial charge is 0.231 e. The highest BCUT2D eigenvalue weighted by molar-refractivity contribution is 7.99. The molecule has 1 amide bonds. The van der Waals surface area contributed by atoms with Crippen LogP contribution in [0, 0.1) is 5.92 Å². The fraction of sp³-hybridized carbons (Fsp3) is 0.562. The van der Waals surface area contributed by atoms with Gasteiger partial charge in [-0.05, 0) is 30.4 Å². The van der Waals surface area contributed by atoms with Crippen LogP contribution in [0.25, 0.3) is 0 Å². The molecule has 3 nitrogen and oxygen atoms in total. The maximum absolute atomic E-state index is 12.9. The molecule has 1 fully saturated rings. The summed E-state index contributed by atoms with van der Waals surface area (Å²) in [5, 5.41) is 0. The molecule has 2 aliphatic rings. The molecular weight excluding hydrogens is 304 g/mol. The van der Waals surface area contributed by atoms with E-state index in [1.807, 2.05) is 17.0 Å². The van der Waals surface area contributed by atoms with E-state index in [9.17, 15) is 4.79 Å². The second-order valence-electron chi connectivity index (χ2n) is 5.95. The standard InChI is InChI=1S/C16H22N2OS.ClH/c1-11-6-7-18(12(8-11)9-17)16(19)14-10-20-15-5-3-2-4-13(14)15;/h2-5,11-12,14H,6-10,17H2,1H3;1H. The third-order valence-corrected chi connectivity index (χ3v) is 5.71. The van der Waals surface area contributed by atoms with Crippen LogP contribution in [-0.2, 0) is 4.79 Å². The molecule has 1 aromatic rings. The number of thioether (sulfide) groups is 1. The van der Waals surface area contributed by atoms with Gasteiger partial charge in [0, 0.05) is 29.8 Å². The minimum atomic E-state index is 0. The molecule has 2 N–H and O–H groups in total. The van der Waals surface area contributed by atoms with Gasteiger partial charge in [-0.25, -0.2) is 0 Å². The topological polar surface area (TPSA) is 46.3 Å². The van der Waals surface area contributed by atoms with Crippen molar-refractivity contribution in [2.75, 3.05) is 18.8 Å². The highest BCUT2D eigenvalue weighted by Crippen LogP contribution is 2.41. The summed E-state index contributed by atoms with van der Waals surface area (Å²) >= 11 is 1.80. The quantitative estimate of drug-likeness (QED) is 0.909. The van der Waals surface area contributed by atoms with Gasteiger partial charge in [-0.3, -0.25) is 4.79 Å². The molecule has 3 rings (SSSR count). The second kappa shape index (κ2) is 7.03. The van der Waals surface area contributed by atoms with Crippen molar-refractivity contribution < 1.29 is 4.79 Å². The molecule has 1 aromatic carbocycles. The van der Waals surface area contributed by atoms with Crippen LogP contribution in [0.15, 0.2) is 29.2 Å². The van der Waals surface area contributed by atoms with Gasteiger partial charge in [0.2, 0.25) is 5.91 Å². The summed E-state index contributed by atoms with van der Waals surface area (Å²) < 4.78 is 0. The molecule has 0 aliphatic carbocycles. The van der Waals surface area contributed by atoms with E-state index >= 15 is 0 Å². The Labute approximate surface area is 137 Å². The minimum Gasteiger partial charge on any atom is -0.338 e. The van der Waals surface area contributed by atoms with Crippen molar-refractivity contribution in [2.24, 2.45) is 11.7 Å². The lowest BCUT2D eigenvalue weighted by atomic mass is 9.90. The van der Waals surface area contributed by atoms with Crippen molar-refractivity contribution in [3.63, 3.8) is 0 Å². The first-order valence-corrected chi connectivity index (χ1v) is 8.41. The van der Waals surface area contributed by atoms with E-state index in [2.05, 4.69) is 19.1 Å². The van der Waals surface area contributed by atoms with Gasteiger partial charge < -0.3 is 10.6 Å². The number of carbonyl (C=O) groups excluding carboxylic acids is 1. The fourth-order valence-electron chi connectivity index (χ4n) is 3.33. The van der Waals surface area contributed by atoms with Gasteiger partial charge in [0.1, 0.15) is 0 Å². The van der Waals surface area contributed by atoms with Crippen LogP contribution in [0.3, 0.4) is 0 Å². The number of halogens is 1. The lowest BCUT2D eigenvalue weighted by Gasteiger charge is -2.39. The third-order valence-electron chi connectivity index (χ3n) is 4.53. The zero-order valence-corrected chi connectivity index (χ0v) is 14.0. The number of benzene rings is 1. The van der Waals surface area contributed by atoms with Crippen LogP contribution in [-0.4, -0.2) is 35.7 Å². The zero-order chi connectivity index (χ0) is 14.1. The van der Waals surface area contributed by atoms with Crippen molar-refractivity contribution in [1.82, 2.24) is 4.90 Å². The van der Waals surface area contributed by atoms with Gasteiger partial charge in [0.05, 0.1) is 5.92 Å². The minimum absolute atomic E-state index is 0. The lowest BCUT2D eigenvalue weighted by molar-refractivity contribution is -0.136. The summed E-state index contributed by atoms with van der Waals surface area (Å²) in [5.41, 5.74) is 7.09. The molecule has 0 aromatic heterocycles. The lowest BCUT2D eigenvalue weighted by Crippen LogP contribution is -2.50. The Morgan fingerprint density at radius 1 is 1.43 bits per heavy atom. The van der Waals surface area contributed by atoms with E-state index < -0.39 is 0 Å². The fourth-order valence-corrected chi connectivity index (χ4v) is 4.55. The molecular formula is C16H23ClN2OS. The number of fused-ring (bicyclic) bond motifs is 1. The van der Waals surface area contributed by atoms with E-state index in [0.717, 1.165) is 25.1 Å². The first-order chi connectivity index (χ1) is 9.70. The number of rotatable bonds is 2. The predicted octanol–water partition coefficient (Wildman–Crippen LogP) is 2.88. The molecule has 0 bridgehead atoms. The van der Waals surface area contributed by atoms with E-state index in [1.54, 1.807) is 11.8 Å². The SMILES string of the molecule is CC1CCN(C(=O)C2CSc3ccccc32)C(CN)C1.Cl. The van der Waals surface area contributed by atoms with Gasteiger partial charge in [0.25, 0.3) is 0 Å². The molecule has 116 valence electrons. The Morgan fingerprint density at radius 2 is 2.19 bits per heavy atom. The zero-order valence-electron chi connectivity index (χ0n) is 12.3. The number of amides is 1. The van der Waals surface area contributed by atoms with E-state index in [0.29, 0.717) is 12.5 Å². The molecule has 1 saturated heterocycles. The van der Waals surface area contributed by atoms with Gasteiger partial charge in [-0.1, -0.05) is 25.1 Å². The molecule has 0 spiro atoms. The van der Waals surface area contributed by atoms with Gasteiger partial charge >= 0.3 is 0 Å². The number of nitrogens with two attached hydrogens (primary N) is 1. The number of hydrogen-bond acceptors (Lipinski definition) is 3. The molecule has 5 heteroatoms. The number of piperidine rings is 1. The largest absolute Gasteiger partial charge is 0.338 e. The number of nitrogens with zero attached hydrogens (tertiary/aromatic N) is 1. The Balaban J connectivity index is 0.00000161.